The van der Waals surface area contributed by atoms with E-state index in [9.17, 15) is 14.7 Å². The van der Waals surface area contributed by atoms with Gasteiger partial charge in [0.25, 0.3) is 11.5 Å². The summed E-state index contributed by atoms with van der Waals surface area (Å²) >= 11 is 0. The van der Waals surface area contributed by atoms with Gasteiger partial charge in [0.05, 0.1) is 6.20 Å². The highest BCUT2D eigenvalue weighted by Gasteiger charge is 2.21. The van der Waals surface area contributed by atoms with Crippen LogP contribution in [0.15, 0.2) is 35.4 Å². The highest BCUT2D eigenvalue weighted by Crippen LogP contribution is 2.21. The molecule has 28 heavy (non-hydrogen) atoms. The third-order valence-corrected chi connectivity index (χ3v) is 4.21. The molecule has 0 bridgehead atoms. The molecule has 3 heterocycles. The Morgan fingerprint density at radius 1 is 1.39 bits per heavy atom. The van der Waals surface area contributed by atoms with Crippen molar-refractivity contribution in [2.24, 2.45) is 5.41 Å². The zero-order valence-electron chi connectivity index (χ0n) is 15.9. The number of nitrogens with zero attached hydrogens (tertiary/aromatic N) is 3. The van der Waals surface area contributed by atoms with Gasteiger partial charge in [0.1, 0.15) is 22.9 Å². The topological polar surface area (TPSA) is 136 Å². The molecule has 0 aromatic carbocycles. The molecular formula is C18H23N7O3. The van der Waals surface area contributed by atoms with Gasteiger partial charge in [-0.3, -0.25) is 9.59 Å². The molecule has 0 atom stereocenters. The molecule has 0 saturated carbocycles. The average Bonchev–Trinajstić information content (AvgIpc) is 3.11. The first-order chi connectivity index (χ1) is 13.3. The Kier molecular flexibility index (Phi) is 5.32. The first-order valence-electron chi connectivity index (χ1n) is 8.75. The number of anilines is 3. The highest BCUT2D eigenvalue weighted by molar-refractivity contribution is 6.00. The third kappa shape index (κ3) is 3.96. The van der Waals surface area contributed by atoms with E-state index in [1.54, 1.807) is 25.2 Å². The number of pyridine rings is 1. The van der Waals surface area contributed by atoms with Crippen molar-refractivity contribution in [1.29, 1.82) is 0 Å². The Morgan fingerprint density at radius 2 is 2.18 bits per heavy atom. The van der Waals surface area contributed by atoms with Crippen LogP contribution in [0.3, 0.4) is 0 Å². The van der Waals surface area contributed by atoms with Crippen molar-refractivity contribution in [3.8, 4) is 0 Å². The molecule has 0 aliphatic carbocycles. The van der Waals surface area contributed by atoms with Crippen molar-refractivity contribution >= 4 is 28.9 Å². The summed E-state index contributed by atoms with van der Waals surface area (Å²) < 4.78 is 1.51. The lowest BCUT2D eigenvalue weighted by atomic mass is 9.95. The molecule has 0 radical (unpaired) electrons. The first kappa shape index (κ1) is 19.4. The standard InChI is InChI=1S/C18H23N7O3/c1-18(2,10-26)9-21-16(27)11-8-22-25-14(19-3)7-13(24-15(11)25)23-12-5-4-6-20-17(12)28/h4-8,19,26H,9-10H2,1-3H3,(H,20,28)(H,21,27)(H,23,24). The summed E-state index contributed by atoms with van der Waals surface area (Å²) in [5.41, 5.74) is 0.227. The normalized spacial score (nSPS) is 11.4. The van der Waals surface area contributed by atoms with Crippen LogP contribution in [0.5, 0.6) is 0 Å². The van der Waals surface area contributed by atoms with Gasteiger partial charge in [0.2, 0.25) is 0 Å². The van der Waals surface area contributed by atoms with E-state index in [2.05, 4.69) is 31.0 Å². The van der Waals surface area contributed by atoms with Gasteiger partial charge >= 0.3 is 0 Å². The summed E-state index contributed by atoms with van der Waals surface area (Å²) in [7, 11) is 1.72. The highest BCUT2D eigenvalue weighted by atomic mass is 16.3. The number of carbonyl (C=O) groups excluding carboxylic acids is 1. The van der Waals surface area contributed by atoms with Crippen LogP contribution in [-0.4, -0.2) is 50.8 Å². The summed E-state index contributed by atoms with van der Waals surface area (Å²) in [6, 6.07) is 5.01. The van der Waals surface area contributed by atoms with Crippen molar-refractivity contribution in [3.63, 3.8) is 0 Å². The number of hydrogen-bond donors (Lipinski definition) is 5. The Labute approximate surface area is 161 Å². The van der Waals surface area contributed by atoms with Crippen LogP contribution in [0.2, 0.25) is 0 Å². The van der Waals surface area contributed by atoms with E-state index < -0.39 is 5.41 Å². The Balaban J connectivity index is 1.96. The second-order valence-corrected chi connectivity index (χ2v) is 7.11. The summed E-state index contributed by atoms with van der Waals surface area (Å²) in [6.07, 6.45) is 2.97. The zero-order chi connectivity index (χ0) is 20.3. The molecular weight excluding hydrogens is 362 g/mol. The number of aromatic amines is 1. The van der Waals surface area contributed by atoms with Gasteiger partial charge < -0.3 is 26.0 Å². The molecule has 0 spiro atoms. The number of carbonyl (C=O) groups is 1. The third-order valence-electron chi connectivity index (χ3n) is 4.21. The minimum absolute atomic E-state index is 0.0517. The van der Waals surface area contributed by atoms with Gasteiger partial charge in [-0.15, -0.1) is 0 Å². The lowest BCUT2D eigenvalue weighted by molar-refractivity contribution is 0.0912. The molecule has 10 nitrogen and oxygen atoms in total. The molecule has 0 aliphatic rings. The van der Waals surface area contributed by atoms with Gasteiger partial charge in [-0.2, -0.15) is 9.61 Å². The maximum Gasteiger partial charge on any atom is 0.271 e. The van der Waals surface area contributed by atoms with E-state index in [4.69, 9.17) is 0 Å². The van der Waals surface area contributed by atoms with E-state index in [0.29, 0.717) is 29.5 Å². The van der Waals surface area contributed by atoms with Crippen LogP contribution in [0.1, 0.15) is 24.2 Å². The molecule has 0 fully saturated rings. The quantitative estimate of drug-likeness (QED) is 0.408. The van der Waals surface area contributed by atoms with Crippen LogP contribution in [0.4, 0.5) is 17.3 Å². The SMILES string of the molecule is CNc1cc(Nc2ccc[nH]c2=O)nc2c(C(=O)NCC(C)(C)CO)cnn12. The van der Waals surface area contributed by atoms with Crippen LogP contribution in [0.25, 0.3) is 5.65 Å². The molecule has 3 aromatic heterocycles. The van der Waals surface area contributed by atoms with Crippen LogP contribution in [0, 0.1) is 5.41 Å². The average molecular weight is 385 g/mol. The van der Waals surface area contributed by atoms with Gasteiger partial charge in [-0.05, 0) is 12.1 Å². The van der Waals surface area contributed by atoms with E-state index in [0.717, 1.165) is 0 Å². The fourth-order valence-corrected chi connectivity index (χ4v) is 2.49. The number of aliphatic hydroxyl groups excluding tert-OH is 1. The van der Waals surface area contributed by atoms with E-state index >= 15 is 0 Å². The predicted octanol–water partition coefficient (Wildman–Crippen LogP) is 0.951. The monoisotopic (exact) mass is 385 g/mol. The zero-order valence-corrected chi connectivity index (χ0v) is 15.9. The largest absolute Gasteiger partial charge is 0.396 e. The molecule has 3 rings (SSSR count). The Morgan fingerprint density at radius 3 is 2.86 bits per heavy atom. The van der Waals surface area contributed by atoms with Crippen LogP contribution >= 0.6 is 0 Å². The molecule has 3 aromatic rings. The Bertz CT molecular complexity index is 1050. The molecule has 0 aliphatic heterocycles. The van der Waals surface area contributed by atoms with Crippen LogP contribution < -0.4 is 21.5 Å². The summed E-state index contributed by atoms with van der Waals surface area (Å²) in [6.45, 7) is 3.94. The van der Waals surface area contributed by atoms with E-state index in [1.807, 2.05) is 13.8 Å². The van der Waals surface area contributed by atoms with Crippen LogP contribution in [-0.2, 0) is 0 Å². The number of rotatable bonds is 7. The number of aromatic nitrogens is 4. The summed E-state index contributed by atoms with van der Waals surface area (Å²) in [5.74, 6) is 0.633. The summed E-state index contributed by atoms with van der Waals surface area (Å²) in [5, 5.41) is 22.3. The van der Waals surface area contributed by atoms with E-state index in [1.165, 1.54) is 16.9 Å². The number of aliphatic hydroxyl groups is 1. The fraction of sp³-hybridized carbons (Fsp3) is 0.333. The molecule has 0 saturated heterocycles. The van der Waals surface area contributed by atoms with Crippen molar-refractivity contribution in [3.05, 3.63) is 46.5 Å². The number of hydrogen-bond acceptors (Lipinski definition) is 7. The van der Waals surface area contributed by atoms with Gasteiger partial charge in [0, 0.05) is 37.9 Å². The smallest absolute Gasteiger partial charge is 0.271 e. The lowest BCUT2D eigenvalue weighted by Gasteiger charge is -2.21. The molecule has 1 amide bonds. The maximum absolute atomic E-state index is 12.6. The molecule has 5 N–H and O–H groups in total. The minimum atomic E-state index is -0.441. The Hall–Kier alpha value is -3.40. The fourth-order valence-electron chi connectivity index (χ4n) is 2.49. The summed E-state index contributed by atoms with van der Waals surface area (Å²) in [4.78, 5) is 31.6. The van der Waals surface area contributed by atoms with Crippen molar-refractivity contribution in [2.45, 2.75) is 13.8 Å². The minimum Gasteiger partial charge on any atom is -0.396 e. The number of nitrogens with one attached hydrogen (secondary N) is 4. The first-order valence-corrected chi connectivity index (χ1v) is 8.75. The number of amides is 1. The molecule has 148 valence electrons. The van der Waals surface area contributed by atoms with Gasteiger partial charge in [-0.1, -0.05) is 13.8 Å². The maximum atomic E-state index is 12.6. The molecule has 0 unspecified atom stereocenters. The van der Waals surface area contributed by atoms with Gasteiger partial charge in [0.15, 0.2) is 5.65 Å². The molecule has 10 heteroatoms. The second kappa shape index (κ2) is 7.69. The van der Waals surface area contributed by atoms with Gasteiger partial charge in [-0.25, -0.2) is 4.98 Å². The van der Waals surface area contributed by atoms with Crippen molar-refractivity contribution in [1.82, 2.24) is 24.9 Å². The lowest BCUT2D eigenvalue weighted by Crippen LogP contribution is -2.36. The number of fused-ring (bicyclic) bond motifs is 1. The van der Waals surface area contributed by atoms with Crippen molar-refractivity contribution < 1.29 is 9.90 Å². The number of H-pyrrole nitrogens is 1. The van der Waals surface area contributed by atoms with E-state index in [-0.39, 0.29) is 23.6 Å². The second-order valence-electron chi connectivity index (χ2n) is 7.11. The predicted molar refractivity (Wildman–Crippen MR) is 106 cm³/mol. The van der Waals surface area contributed by atoms with Crippen molar-refractivity contribution in [2.75, 3.05) is 30.8 Å².